The molecule has 2 aromatic heterocycles. The molecule has 1 N–H and O–H groups in total. The van der Waals surface area contributed by atoms with Crippen LogP contribution in [0.3, 0.4) is 0 Å². The van der Waals surface area contributed by atoms with E-state index in [0.717, 1.165) is 38.3 Å². The van der Waals surface area contributed by atoms with E-state index in [1.807, 2.05) is 22.2 Å². The predicted octanol–water partition coefficient (Wildman–Crippen LogP) is 2.01. The first-order chi connectivity index (χ1) is 10.1. The van der Waals surface area contributed by atoms with Crippen molar-refractivity contribution >= 4 is 11.3 Å². The van der Waals surface area contributed by atoms with Crippen molar-refractivity contribution in [3.05, 3.63) is 34.3 Å². The number of hydrogen-bond acceptors (Lipinski definition) is 5. The molecule has 2 aromatic rings. The summed E-state index contributed by atoms with van der Waals surface area (Å²) < 4.78 is 1.93. The van der Waals surface area contributed by atoms with Crippen LogP contribution in [-0.2, 0) is 19.5 Å². The first-order valence-corrected chi connectivity index (χ1v) is 8.35. The summed E-state index contributed by atoms with van der Waals surface area (Å²) >= 11 is 1.83. The Morgan fingerprint density at radius 1 is 1.38 bits per heavy atom. The molecule has 0 atom stereocenters. The Morgan fingerprint density at radius 2 is 2.24 bits per heavy atom. The van der Waals surface area contributed by atoms with Crippen LogP contribution in [0.5, 0.6) is 0 Å². The molecule has 0 aliphatic rings. The van der Waals surface area contributed by atoms with Gasteiger partial charge in [0.25, 0.3) is 0 Å². The highest BCUT2D eigenvalue weighted by molar-refractivity contribution is 7.09. The Labute approximate surface area is 131 Å². The smallest absolute Gasteiger partial charge is 0.0964 e. The van der Waals surface area contributed by atoms with Gasteiger partial charge >= 0.3 is 0 Å². The summed E-state index contributed by atoms with van der Waals surface area (Å²) in [7, 11) is 2.16. The van der Waals surface area contributed by atoms with Crippen molar-refractivity contribution in [2.24, 2.45) is 0 Å². The van der Waals surface area contributed by atoms with Gasteiger partial charge in [0.1, 0.15) is 0 Å². The maximum atomic E-state index is 4.19. The third-order valence-electron chi connectivity index (χ3n) is 3.31. The van der Waals surface area contributed by atoms with Gasteiger partial charge in [-0.3, -0.25) is 4.68 Å². The van der Waals surface area contributed by atoms with Gasteiger partial charge in [0.2, 0.25) is 0 Å². The minimum absolute atomic E-state index is 0.471. The highest BCUT2D eigenvalue weighted by Crippen LogP contribution is 2.09. The van der Waals surface area contributed by atoms with Crippen LogP contribution in [0.25, 0.3) is 0 Å². The first-order valence-electron chi connectivity index (χ1n) is 7.47. The van der Waals surface area contributed by atoms with Crippen molar-refractivity contribution in [3.63, 3.8) is 0 Å². The summed E-state index contributed by atoms with van der Waals surface area (Å²) in [5.41, 5.74) is 1.00. The lowest BCUT2D eigenvalue weighted by Gasteiger charge is -2.15. The van der Waals surface area contributed by atoms with Gasteiger partial charge in [0.05, 0.1) is 12.2 Å². The van der Waals surface area contributed by atoms with E-state index in [9.17, 15) is 0 Å². The van der Waals surface area contributed by atoms with Crippen molar-refractivity contribution in [1.82, 2.24) is 25.2 Å². The van der Waals surface area contributed by atoms with Crippen molar-refractivity contribution in [2.45, 2.75) is 39.4 Å². The zero-order valence-electron chi connectivity index (χ0n) is 13.1. The van der Waals surface area contributed by atoms with Crippen LogP contribution in [0.4, 0.5) is 0 Å². The molecule has 0 aromatic carbocycles. The molecule has 6 heteroatoms. The number of nitrogens with zero attached hydrogens (tertiary/aromatic N) is 4. The van der Waals surface area contributed by atoms with Crippen LogP contribution in [0.1, 0.15) is 24.4 Å². The highest BCUT2D eigenvalue weighted by Gasteiger charge is 2.04. The second kappa shape index (κ2) is 8.26. The zero-order chi connectivity index (χ0) is 15.1. The number of rotatable bonds is 9. The summed E-state index contributed by atoms with van der Waals surface area (Å²) in [6.45, 7) is 8.00. The van der Waals surface area contributed by atoms with E-state index in [2.05, 4.69) is 58.9 Å². The average Bonchev–Trinajstić information content (AvgIpc) is 3.12. The molecular formula is C15H25N5S. The molecule has 0 radical (unpaired) electrons. The Kier molecular flexibility index (Phi) is 6.35. The summed E-state index contributed by atoms with van der Waals surface area (Å²) in [6, 6.07) is 4.78. The Balaban J connectivity index is 1.67. The molecule has 0 saturated heterocycles. The molecule has 0 amide bonds. The summed E-state index contributed by atoms with van der Waals surface area (Å²) in [5.74, 6) is 0. The molecular weight excluding hydrogens is 282 g/mol. The number of aromatic nitrogens is 3. The molecule has 0 saturated carbocycles. The van der Waals surface area contributed by atoms with Gasteiger partial charge in [-0.05, 0) is 24.9 Å². The number of likely N-dealkylation sites (N-methyl/N-ethyl adjacent to an activating group) is 1. The fraction of sp³-hybridized carbons (Fsp3) is 0.600. The Morgan fingerprint density at radius 3 is 2.95 bits per heavy atom. The monoisotopic (exact) mass is 307 g/mol. The van der Waals surface area contributed by atoms with Crippen LogP contribution in [0.2, 0.25) is 0 Å². The fourth-order valence-electron chi connectivity index (χ4n) is 1.98. The topological polar surface area (TPSA) is 46.0 Å². The van der Waals surface area contributed by atoms with Gasteiger partial charge in [-0.1, -0.05) is 25.1 Å². The summed E-state index contributed by atoms with van der Waals surface area (Å²) in [5, 5.41) is 13.9. The second-order valence-corrected chi connectivity index (χ2v) is 6.67. The van der Waals surface area contributed by atoms with Crippen LogP contribution in [-0.4, -0.2) is 46.1 Å². The van der Waals surface area contributed by atoms with Crippen molar-refractivity contribution < 1.29 is 0 Å². The zero-order valence-corrected chi connectivity index (χ0v) is 13.9. The van der Waals surface area contributed by atoms with E-state index in [4.69, 9.17) is 0 Å². The third kappa shape index (κ3) is 5.95. The Bertz CT molecular complexity index is 506. The van der Waals surface area contributed by atoms with Crippen molar-refractivity contribution in [2.75, 3.05) is 20.1 Å². The Hall–Kier alpha value is -1.24. The molecule has 0 bridgehead atoms. The summed E-state index contributed by atoms with van der Waals surface area (Å²) in [4.78, 5) is 3.79. The van der Waals surface area contributed by atoms with Crippen molar-refractivity contribution in [3.8, 4) is 0 Å². The van der Waals surface area contributed by atoms with Gasteiger partial charge < -0.3 is 10.2 Å². The lowest BCUT2D eigenvalue weighted by molar-refractivity contribution is 0.315. The maximum absolute atomic E-state index is 4.19. The molecule has 21 heavy (non-hydrogen) atoms. The maximum Gasteiger partial charge on any atom is 0.0964 e. The molecule has 0 fully saturated rings. The van der Waals surface area contributed by atoms with Crippen LogP contribution >= 0.6 is 11.3 Å². The third-order valence-corrected chi connectivity index (χ3v) is 4.24. The molecule has 0 unspecified atom stereocenters. The average molecular weight is 307 g/mol. The molecule has 116 valence electrons. The van der Waals surface area contributed by atoms with E-state index in [-0.39, 0.29) is 0 Å². The van der Waals surface area contributed by atoms with Gasteiger partial charge in [-0.2, -0.15) is 0 Å². The fourth-order valence-corrected chi connectivity index (χ4v) is 2.68. The van der Waals surface area contributed by atoms with Gasteiger partial charge in [-0.25, -0.2) is 0 Å². The first kappa shape index (κ1) is 16.1. The van der Waals surface area contributed by atoms with E-state index in [0.29, 0.717) is 6.04 Å². The van der Waals surface area contributed by atoms with E-state index >= 15 is 0 Å². The van der Waals surface area contributed by atoms with Gasteiger partial charge in [0.15, 0.2) is 0 Å². The molecule has 0 aliphatic heterocycles. The SMILES string of the molecule is CC(C)NCc1cn(CCN(C)CCc2cccs2)nn1. The molecule has 2 heterocycles. The van der Waals surface area contributed by atoms with Crippen LogP contribution < -0.4 is 5.32 Å². The van der Waals surface area contributed by atoms with Gasteiger partial charge in [0, 0.05) is 36.8 Å². The van der Waals surface area contributed by atoms with E-state index < -0.39 is 0 Å². The molecule has 0 aliphatic carbocycles. The molecule has 2 rings (SSSR count). The van der Waals surface area contributed by atoms with Crippen LogP contribution in [0.15, 0.2) is 23.7 Å². The lowest BCUT2D eigenvalue weighted by atomic mass is 10.3. The van der Waals surface area contributed by atoms with Gasteiger partial charge in [-0.15, -0.1) is 16.4 Å². The largest absolute Gasteiger partial charge is 0.309 e. The summed E-state index contributed by atoms with van der Waals surface area (Å²) in [6.07, 6.45) is 3.15. The normalized spacial score (nSPS) is 11.7. The second-order valence-electron chi connectivity index (χ2n) is 5.64. The quantitative estimate of drug-likeness (QED) is 0.770. The molecule has 5 nitrogen and oxygen atoms in total. The lowest BCUT2D eigenvalue weighted by Crippen LogP contribution is -2.25. The molecule has 0 spiro atoms. The number of hydrogen-bond donors (Lipinski definition) is 1. The predicted molar refractivity (Wildman–Crippen MR) is 87.5 cm³/mol. The van der Waals surface area contributed by atoms with Crippen molar-refractivity contribution in [1.29, 1.82) is 0 Å². The minimum atomic E-state index is 0.471. The standard InChI is InChI=1S/C15H25N5S/c1-13(2)16-11-14-12-20(18-17-14)9-8-19(3)7-6-15-5-4-10-21-15/h4-5,10,12-13,16H,6-9,11H2,1-3H3. The number of thiophene rings is 1. The highest BCUT2D eigenvalue weighted by atomic mass is 32.1. The minimum Gasteiger partial charge on any atom is -0.309 e. The van der Waals surface area contributed by atoms with E-state index in [1.165, 1.54) is 4.88 Å². The number of nitrogens with one attached hydrogen (secondary N) is 1. The van der Waals surface area contributed by atoms with E-state index in [1.54, 1.807) is 0 Å². The van der Waals surface area contributed by atoms with Crippen LogP contribution in [0, 0.1) is 0 Å².